The second-order valence-electron chi connectivity index (χ2n) is 5.82. The summed E-state index contributed by atoms with van der Waals surface area (Å²) >= 11 is 0. The maximum absolute atomic E-state index is 6.01. The zero-order valence-electron chi connectivity index (χ0n) is 13.8. The molecule has 2 aromatic rings. The van der Waals surface area contributed by atoms with Crippen molar-refractivity contribution in [3.8, 4) is 0 Å². The number of aryl methyl sites for hydroxylation is 3. The minimum atomic E-state index is 0.164. The smallest absolute Gasteiger partial charge is 0.0831 e. The van der Waals surface area contributed by atoms with Crippen LogP contribution in [0.3, 0.4) is 0 Å². The van der Waals surface area contributed by atoms with Gasteiger partial charge in [0, 0.05) is 18.8 Å². The highest BCUT2D eigenvalue weighted by molar-refractivity contribution is 5.28. The molecule has 0 spiro atoms. The fourth-order valence-electron chi connectivity index (χ4n) is 2.92. The molecule has 0 aromatic carbocycles. The summed E-state index contributed by atoms with van der Waals surface area (Å²) in [5, 5.41) is 9.23. The first-order chi connectivity index (χ1) is 9.96. The lowest BCUT2D eigenvalue weighted by atomic mass is 10.0. The third-order valence-corrected chi connectivity index (χ3v) is 3.86. The zero-order chi connectivity index (χ0) is 15.6. The summed E-state index contributed by atoms with van der Waals surface area (Å²) in [5.41, 5.74) is 12.1. The molecular formula is C16H27N5. The highest BCUT2D eigenvalue weighted by Gasteiger charge is 2.17. The Bertz CT molecular complexity index is 606. The van der Waals surface area contributed by atoms with Crippen molar-refractivity contribution in [2.24, 2.45) is 12.8 Å². The Morgan fingerprint density at radius 1 is 1.24 bits per heavy atom. The van der Waals surface area contributed by atoms with Gasteiger partial charge in [-0.15, -0.1) is 0 Å². The van der Waals surface area contributed by atoms with Crippen molar-refractivity contribution in [3.05, 3.63) is 34.4 Å². The minimum Gasteiger partial charge on any atom is -0.328 e. The Morgan fingerprint density at radius 3 is 2.43 bits per heavy atom. The number of hydrogen-bond acceptors (Lipinski definition) is 3. The van der Waals surface area contributed by atoms with E-state index in [1.807, 2.05) is 18.7 Å². The molecule has 21 heavy (non-hydrogen) atoms. The van der Waals surface area contributed by atoms with Gasteiger partial charge in [0.2, 0.25) is 0 Å². The van der Waals surface area contributed by atoms with Gasteiger partial charge in [-0.3, -0.25) is 9.36 Å². The van der Waals surface area contributed by atoms with Crippen LogP contribution in [-0.2, 0) is 32.9 Å². The van der Waals surface area contributed by atoms with E-state index in [4.69, 9.17) is 10.8 Å². The molecule has 2 rings (SSSR count). The number of aromatic nitrogens is 4. The van der Waals surface area contributed by atoms with Crippen LogP contribution >= 0.6 is 0 Å². The number of rotatable bonds is 6. The van der Waals surface area contributed by atoms with Crippen molar-refractivity contribution < 1.29 is 0 Å². The van der Waals surface area contributed by atoms with E-state index in [1.165, 1.54) is 22.6 Å². The Balaban J connectivity index is 2.39. The predicted octanol–water partition coefficient (Wildman–Crippen LogP) is 1.99. The molecule has 0 aliphatic heterocycles. The van der Waals surface area contributed by atoms with Crippen LogP contribution in [0.1, 0.15) is 49.1 Å². The number of nitrogens with zero attached hydrogens (tertiary/aromatic N) is 4. The first kappa shape index (κ1) is 15.8. The van der Waals surface area contributed by atoms with Crippen LogP contribution in [0.15, 0.2) is 6.07 Å². The summed E-state index contributed by atoms with van der Waals surface area (Å²) in [5.74, 6) is 0. The Morgan fingerprint density at radius 2 is 1.95 bits per heavy atom. The quantitative estimate of drug-likeness (QED) is 0.884. The topological polar surface area (TPSA) is 61.7 Å². The van der Waals surface area contributed by atoms with Crippen molar-refractivity contribution in [2.45, 2.75) is 59.5 Å². The van der Waals surface area contributed by atoms with Gasteiger partial charge in [0.15, 0.2) is 0 Å². The molecule has 0 radical (unpaired) electrons. The van der Waals surface area contributed by atoms with Crippen LogP contribution in [0.2, 0.25) is 0 Å². The van der Waals surface area contributed by atoms with Crippen molar-refractivity contribution in [3.63, 3.8) is 0 Å². The van der Waals surface area contributed by atoms with Gasteiger partial charge in [-0.1, -0.05) is 13.8 Å². The highest BCUT2D eigenvalue weighted by Crippen LogP contribution is 2.19. The normalized spacial score (nSPS) is 12.9. The van der Waals surface area contributed by atoms with Gasteiger partial charge < -0.3 is 5.73 Å². The number of hydrogen-bond donors (Lipinski definition) is 1. The summed E-state index contributed by atoms with van der Waals surface area (Å²) in [6, 6.07) is 2.29. The molecule has 0 bridgehead atoms. The van der Waals surface area contributed by atoms with Gasteiger partial charge in [-0.05, 0) is 44.7 Å². The maximum Gasteiger partial charge on any atom is 0.0831 e. The molecule has 116 valence electrons. The van der Waals surface area contributed by atoms with Gasteiger partial charge in [0.05, 0.1) is 23.6 Å². The summed E-state index contributed by atoms with van der Waals surface area (Å²) in [4.78, 5) is 0. The standard InChI is InChI=1S/C16H27N5/c1-6-15-14(8-11(3)17)16(7-2)21(19-15)10-13-9-12(4)18-20(13)5/h9,11H,6-8,10,17H2,1-5H3. The molecule has 5 heteroatoms. The van der Waals surface area contributed by atoms with Crippen molar-refractivity contribution >= 4 is 0 Å². The van der Waals surface area contributed by atoms with E-state index in [0.29, 0.717) is 0 Å². The first-order valence-corrected chi connectivity index (χ1v) is 7.78. The lowest BCUT2D eigenvalue weighted by molar-refractivity contribution is 0.591. The van der Waals surface area contributed by atoms with Crippen LogP contribution in [0.5, 0.6) is 0 Å². The van der Waals surface area contributed by atoms with Crippen molar-refractivity contribution in [1.82, 2.24) is 19.6 Å². The molecule has 0 amide bonds. The van der Waals surface area contributed by atoms with Crippen molar-refractivity contribution in [2.75, 3.05) is 0 Å². The van der Waals surface area contributed by atoms with Crippen LogP contribution in [-0.4, -0.2) is 25.6 Å². The first-order valence-electron chi connectivity index (χ1n) is 7.78. The predicted molar refractivity (Wildman–Crippen MR) is 85.4 cm³/mol. The van der Waals surface area contributed by atoms with E-state index in [-0.39, 0.29) is 6.04 Å². The maximum atomic E-state index is 6.01. The lowest BCUT2D eigenvalue weighted by Gasteiger charge is -2.10. The summed E-state index contributed by atoms with van der Waals surface area (Å²) < 4.78 is 4.07. The highest BCUT2D eigenvalue weighted by atomic mass is 15.3. The van der Waals surface area contributed by atoms with E-state index in [9.17, 15) is 0 Å². The molecule has 1 unspecified atom stereocenters. The molecule has 0 aliphatic rings. The fraction of sp³-hybridized carbons (Fsp3) is 0.625. The zero-order valence-corrected chi connectivity index (χ0v) is 13.8. The van der Waals surface area contributed by atoms with Gasteiger partial charge in [0.25, 0.3) is 0 Å². The molecule has 5 nitrogen and oxygen atoms in total. The molecule has 2 N–H and O–H groups in total. The summed E-state index contributed by atoms with van der Waals surface area (Å²) in [6.07, 6.45) is 2.83. The molecule has 2 heterocycles. The molecule has 0 saturated carbocycles. The SMILES string of the molecule is CCc1nn(Cc2cc(C)nn2C)c(CC)c1CC(C)N. The van der Waals surface area contributed by atoms with Crippen LogP contribution in [0.25, 0.3) is 0 Å². The molecule has 0 saturated heterocycles. The van der Waals surface area contributed by atoms with Gasteiger partial charge in [0.1, 0.15) is 0 Å². The molecule has 1 atom stereocenters. The fourth-order valence-corrected chi connectivity index (χ4v) is 2.92. The van der Waals surface area contributed by atoms with Crippen LogP contribution in [0, 0.1) is 6.92 Å². The largest absolute Gasteiger partial charge is 0.328 e. The summed E-state index contributed by atoms with van der Waals surface area (Å²) in [7, 11) is 1.99. The molecular weight excluding hydrogens is 262 g/mol. The van der Waals surface area contributed by atoms with Gasteiger partial charge in [-0.2, -0.15) is 10.2 Å². The van der Waals surface area contributed by atoms with E-state index < -0.39 is 0 Å². The third-order valence-electron chi connectivity index (χ3n) is 3.86. The van der Waals surface area contributed by atoms with Crippen LogP contribution in [0.4, 0.5) is 0 Å². The Kier molecular flexibility index (Phi) is 4.83. The summed E-state index contributed by atoms with van der Waals surface area (Å²) in [6.45, 7) is 9.19. The second kappa shape index (κ2) is 6.43. The second-order valence-corrected chi connectivity index (χ2v) is 5.82. The average molecular weight is 289 g/mol. The van der Waals surface area contributed by atoms with Crippen molar-refractivity contribution in [1.29, 1.82) is 0 Å². The molecule has 0 fully saturated rings. The van der Waals surface area contributed by atoms with E-state index >= 15 is 0 Å². The van der Waals surface area contributed by atoms with Crippen LogP contribution < -0.4 is 5.73 Å². The molecule has 0 aliphatic carbocycles. The van der Waals surface area contributed by atoms with E-state index in [2.05, 4.69) is 36.6 Å². The molecule has 2 aromatic heterocycles. The Labute approximate surface area is 127 Å². The average Bonchev–Trinajstić information content (AvgIpc) is 2.89. The minimum absolute atomic E-state index is 0.164. The van der Waals surface area contributed by atoms with Gasteiger partial charge >= 0.3 is 0 Å². The Hall–Kier alpha value is -1.62. The van der Waals surface area contributed by atoms with Gasteiger partial charge in [-0.25, -0.2) is 0 Å². The monoisotopic (exact) mass is 289 g/mol. The lowest BCUT2D eigenvalue weighted by Crippen LogP contribution is -2.19. The third kappa shape index (κ3) is 3.35. The van der Waals surface area contributed by atoms with E-state index in [0.717, 1.165) is 31.5 Å². The van der Waals surface area contributed by atoms with E-state index in [1.54, 1.807) is 0 Å². The number of nitrogens with two attached hydrogens (primary N) is 1.